The van der Waals surface area contributed by atoms with Crippen molar-refractivity contribution in [3.63, 3.8) is 0 Å². The summed E-state index contributed by atoms with van der Waals surface area (Å²) in [6, 6.07) is 5.61. The van der Waals surface area contributed by atoms with Crippen LogP contribution in [0.25, 0.3) is 5.65 Å². The Morgan fingerprint density at radius 1 is 1.22 bits per heavy atom. The molecule has 0 N–H and O–H groups in total. The molecule has 23 heavy (non-hydrogen) atoms. The monoisotopic (exact) mass is 355 g/mol. The van der Waals surface area contributed by atoms with Crippen LogP contribution < -0.4 is 0 Å². The van der Waals surface area contributed by atoms with Crippen molar-refractivity contribution < 1.29 is 13.2 Å². The van der Waals surface area contributed by atoms with Crippen LogP contribution in [0.2, 0.25) is 0 Å². The first-order valence-electron chi connectivity index (χ1n) is 7.10. The van der Waals surface area contributed by atoms with E-state index in [4.69, 9.17) is 0 Å². The second-order valence-electron chi connectivity index (χ2n) is 5.24. The van der Waals surface area contributed by atoms with E-state index in [0.717, 1.165) is 5.65 Å². The first kappa shape index (κ1) is 16.2. The van der Waals surface area contributed by atoms with E-state index in [1.807, 2.05) is 28.8 Å². The van der Waals surface area contributed by atoms with Crippen molar-refractivity contribution in [3.05, 3.63) is 24.4 Å². The molecule has 0 radical (unpaired) electrons. The van der Waals surface area contributed by atoms with Gasteiger partial charge in [0.1, 0.15) is 0 Å². The number of hydrogen-bond acceptors (Lipinski definition) is 6. The first-order valence-corrected chi connectivity index (χ1v) is 9.94. The number of rotatable bonds is 4. The summed E-state index contributed by atoms with van der Waals surface area (Å²) in [7, 11) is -3.18. The predicted molar refractivity (Wildman–Crippen MR) is 86.7 cm³/mol. The number of carbonyl (C=O) groups is 1. The highest BCUT2D eigenvalue weighted by Gasteiger charge is 2.26. The quantitative estimate of drug-likeness (QED) is 0.713. The topological polar surface area (TPSA) is 87.9 Å². The summed E-state index contributed by atoms with van der Waals surface area (Å²) in [5, 5.41) is 8.78. The molecule has 1 amide bonds. The Balaban J connectivity index is 1.56. The summed E-state index contributed by atoms with van der Waals surface area (Å²) in [6.45, 7) is 1.55. The van der Waals surface area contributed by atoms with Crippen molar-refractivity contribution in [3.8, 4) is 0 Å². The van der Waals surface area contributed by atoms with E-state index in [0.29, 0.717) is 31.3 Å². The second-order valence-corrected chi connectivity index (χ2v) is 8.17. The number of aromatic nitrogens is 3. The highest BCUT2D eigenvalue weighted by atomic mass is 32.2. The van der Waals surface area contributed by atoms with E-state index < -0.39 is 10.0 Å². The lowest BCUT2D eigenvalue weighted by Gasteiger charge is -2.33. The van der Waals surface area contributed by atoms with Crippen LogP contribution in [-0.2, 0) is 14.8 Å². The zero-order chi connectivity index (χ0) is 16.4. The number of amides is 1. The van der Waals surface area contributed by atoms with Crippen molar-refractivity contribution in [1.82, 2.24) is 23.8 Å². The average Bonchev–Trinajstić information content (AvgIpc) is 2.95. The maximum Gasteiger partial charge on any atom is 0.233 e. The van der Waals surface area contributed by atoms with Gasteiger partial charge in [-0.1, -0.05) is 17.8 Å². The molecule has 3 heterocycles. The van der Waals surface area contributed by atoms with Crippen molar-refractivity contribution >= 4 is 33.3 Å². The number of fused-ring (bicyclic) bond motifs is 1. The maximum atomic E-state index is 12.3. The van der Waals surface area contributed by atoms with E-state index in [9.17, 15) is 13.2 Å². The van der Waals surface area contributed by atoms with Crippen LogP contribution in [0.15, 0.2) is 29.6 Å². The Bertz CT molecular complexity index is 812. The predicted octanol–water partition coefficient (Wildman–Crippen LogP) is -0.0748. The van der Waals surface area contributed by atoms with Crippen molar-refractivity contribution in [2.75, 3.05) is 38.2 Å². The summed E-state index contributed by atoms with van der Waals surface area (Å²) >= 11 is 1.33. The molecule has 8 nitrogen and oxygen atoms in total. The fourth-order valence-corrected chi connectivity index (χ4v) is 4.06. The standard InChI is InChI=1S/C13H17N5O3S2/c1-23(20,21)17-8-6-16(7-9-17)12(19)10-22-13-15-14-11-4-2-3-5-18(11)13/h2-5H,6-10H2,1H3. The number of piperazine rings is 1. The van der Waals surface area contributed by atoms with Crippen LogP contribution in [0.3, 0.4) is 0 Å². The van der Waals surface area contributed by atoms with E-state index in [-0.39, 0.29) is 11.7 Å². The van der Waals surface area contributed by atoms with Gasteiger partial charge in [0.15, 0.2) is 10.8 Å². The zero-order valence-electron chi connectivity index (χ0n) is 12.6. The van der Waals surface area contributed by atoms with Gasteiger partial charge in [-0.25, -0.2) is 8.42 Å². The lowest BCUT2D eigenvalue weighted by Crippen LogP contribution is -2.50. The molecule has 1 aliphatic rings. The fourth-order valence-electron chi connectivity index (χ4n) is 2.40. The van der Waals surface area contributed by atoms with Gasteiger partial charge in [-0.3, -0.25) is 9.20 Å². The van der Waals surface area contributed by atoms with E-state index in [1.165, 1.54) is 22.3 Å². The minimum atomic E-state index is -3.18. The van der Waals surface area contributed by atoms with Gasteiger partial charge in [0.05, 0.1) is 12.0 Å². The van der Waals surface area contributed by atoms with Crippen molar-refractivity contribution in [2.24, 2.45) is 0 Å². The van der Waals surface area contributed by atoms with Gasteiger partial charge in [-0.05, 0) is 12.1 Å². The lowest BCUT2D eigenvalue weighted by molar-refractivity contribution is -0.129. The summed E-state index contributed by atoms with van der Waals surface area (Å²) in [4.78, 5) is 14.0. The molecule has 0 unspecified atom stereocenters. The molecule has 0 aromatic carbocycles. The Kier molecular flexibility index (Phi) is 4.55. The van der Waals surface area contributed by atoms with Gasteiger partial charge >= 0.3 is 0 Å². The van der Waals surface area contributed by atoms with Gasteiger partial charge in [0, 0.05) is 32.4 Å². The van der Waals surface area contributed by atoms with Crippen LogP contribution in [0.1, 0.15) is 0 Å². The number of thioether (sulfide) groups is 1. The molecule has 0 spiro atoms. The average molecular weight is 355 g/mol. The van der Waals surface area contributed by atoms with E-state index >= 15 is 0 Å². The highest BCUT2D eigenvalue weighted by Crippen LogP contribution is 2.17. The Morgan fingerprint density at radius 2 is 1.96 bits per heavy atom. The molecule has 0 saturated carbocycles. The molecule has 124 valence electrons. The third-order valence-corrected chi connectivity index (χ3v) is 5.90. The van der Waals surface area contributed by atoms with Gasteiger partial charge in [-0.15, -0.1) is 10.2 Å². The van der Waals surface area contributed by atoms with Gasteiger partial charge in [0.2, 0.25) is 15.9 Å². The first-order chi connectivity index (χ1) is 10.9. The molecule has 1 fully saturated rings. The molecule has 2 aromatic rings. The third-order valence-electron chi connectivity index (χ3n) is 3.67. The summed E-state index contributed by atoms with van der Waals surface area (Å²) in [5.41, 5.74) is 0.740. The third kappa shape index (κ3) is 3.65. The lowest BCUT2D eigenvalue weighted by atomic mass is 10.3. The maximum absolute atomic E-state index is 12.3. The van der Waals surface area contributed by atoms with Gasteiger partial charge in [-0.2, -0.15) is 4.31 Å². The highest BCUT2D eigenvalue weighted by molar-refractivity contribution is 7.99. The number of hydrogen-bond donors (Lipinski definition) is 0. The number of pyridine rings is 1. The molecule has 1 aliphatic heterocycles. The molecule has 2 aromatic heterocycles. The van der Waals surface area contributed by atoms with Crippen LogP contribution in [0, 0.1) is 0 Å². The fraction of sp³-hybridized carbons (Fsp3) is 0.462. The molecular weight excluding hydrogens is 338 g/mol. The second kappa shape index (κ2) is 6.46. The van der Waals surface area contributed by atoms with Crippen LogP contribution in [0.5, 0.6) is 0 Å². The molecule has 0 bridgehead atoms. The molecule has 0 atom stereocenters. The molecular formula is C13H17N5O3S2. The molecule has 10 heteroatoms. The minimum Gasteiger partial charge on any atom is -0.339 e. The van der Waals surface area contributed by atoms with E-state index in [2.05, 4.69) is 10.2 Å². The largest absolute Gasteiger partial charge is 0.339 e. The Morgan fingerprint density at radius 3 is 2.65 bits per heavy atom. The summed E-state index contributed by atoms with van der Waals surface area (Å²) < 4.78 is 26.2. The molecule has 3 rings (SSSR count). The van der Waals surface area contributed by atoms with Crippen LogP contribution in [0.4, 0.5) is 0 Å². The number of nitrogens with zero attached hydrogens (tertiary/aromatic N) is 5. The van der Waals surface area contributed by atoms with Crippen LogP contribution in [-0.4, -0.2) is 76.3 Å². The van der Waals surface area contributed by atoms with Gasteiger partial charge < -0.3 is 4.90 Å². The van der Waals surface area contributed by atoms with Crippen LogP contribution >= 0.6 is 11.8 Å². The summed E-state index contributed by atoms with van der Waals surface area (Å²) in [6.07, 6.45) is 3.05. The van der Waals surface area contributed by atoms with Gasteiger partial charge in [0.25, 0.3) is 0 Å². The number of sulfonamides is 1. The SMILES string of the molecule is CS(=O)(=O)N1CCN(C(=O)CSc2nnc3ccccn23)CC1. The zero-order valence-corrected chi connectivity index (χ0v) is 14.3. The minimum absolute atomic E-state index is 0.0177. The number of carbonyl (C=O) groups excluding carboxylic acids is 1. The Labute approximate surface area is 138 Å². The smallest absolute Gasteiger partial charge is 0.233 e. The Hall–Kier alpha value is -1.65. The van der Waals surface area contributed by atoms with Crippen molar-refractivity contribution in [2.45, 2.75) is 5.16 Å². The normalized spacial score (nSPS) is 16.8. The van der Waals surface area contributed by atoms with E-state index in [1.54, 1.807) is 4.90 Å². The summed E-state index contributed by atoms with van der Waals surface area (Å²) in [5.74, 6) is 0.241. The molecule has 1 saturated heterocycles. The molecule has 0 aliphatic carbocycles. The van der Waals surface area contributed by atoms with Crippen molar-refractivity contribution in [1.29, 1.82) is 0 Å².